The first kappa shape index (κ1) is 20.4. The Morgan fingerprint density at radius 3 is 2.21 bits per heavy atom. The third-order valence-corrected chi connectivity index (χ3v) is 5.02. The number of rotatable bonds is 11. The second-order valence-electron chi connectivity index (χ2n) is 5.61. The summed E-state index contributed by atoms with van der Waals surface area (Å²) in [6.07, 6.45) is 2.86. The van der Waals surface area contributed by atoms with E-state index >= 15 is 0 Å². The molecule has 0 aliphatic rings. The Morgan fingerprint density at radius 1 is 1.12 bits per heavy atom. The van der Waals surface area contributed by atoms with Gasteiger partial charge < -0.3 is 24.8 Å². The molecule has 2 N–H and O–H groups in total. The van der Waals surface area contributed by atoms with Crippen LogP contribution in [0.25, 0.3) is 0 Å². The minimum atomic E-state index is -4.85. The number of benzene rings is 1. The Hall–Kier alpha value is -1.69. The summed E-state index contributed by atoms with van der Waals surface area (Å²) in [5, 5.41) is 0. The molecule has 1 atom stereocenters. The van der Waals surface area contributed by atoms with Crippen molar-refractivity contribution >= 4 is 19.3 Å². The lowest BCUT2D eigenvalue weighted by Gasteiger charge is -2.36. The second-order valence-corrected chi connectivity index (χ2v) is 7.31. The minimum Gasteiger partial charge on any atom is -0.810 e. The number of Topliss-reactive ketones (excluding diaryl/α,β-unsaturated/α-hetero) is 1. The van der Waals surface area contributed by atoms with Crippen LogP contribution in [0.2, 0.25) is 0 Å². The van der Waals surface area contributed by atoms with Gasteiger partial charge in [-0.05, 0) is 44.0 Å². The monoisotopic (exact) mass is 355 g/mol. The van der Waals surface area contributed by atoms with Crippen LogP contribution in [-0.4, -0.2) is 24.0 Å². The molecule has 1 aromatic carbocycles. The molecule has 134 valence electrons. The van der Waals surface area contributed by atoms with Crippen molar-refractivity contribution in [1.82, 2.24) is 0 Å². The Bertz CT molecular complexity index is 595. The summed E-state index contributed by atoms with van der Waals surface area (Å²) in [4.78, 5) is 44.0. The van der Waals surface area contributed by atoms with E-state index in [1.165, 1.54) is 0 Å². The summed E-state index contributed by atoms with van der Waals surface area (Å²) < 4.78 is 16.5. The van der Waals surface area contributed by atoms with Gasteiger partial charge in [0.2, 0.25) is 5.91 Å². The average Bonchev–Trinajstić information content (AvgIpc) is 2.48. The van der Waals surface area contributed by atoms with Crippen LogP contribution in [0.3, 0.4) is 0 Å². The molecule has 1 amide bonds. The van der Waals surface area contributed by atoms with Crippen molar-refractivity contribution in [1.29, 1.82) is 0 Å². The quantitative estimate of drug-likeness (QED) is 0.465. The van der Waals surface area contributed by atoms with Crippen LogP contribution in [0, 0.1) is 0 Å². The lowest BCUT2D eigenvalue weighted by molar-refractivity contribution is -0.315. The SMILES string of the molecule is CC(=O)C(CCCCCCOc1ccc(C(N)=O)cc1)P(=O)([O-])[O-]. The van der Waals surface area contributed by atoms with E-state index in [1.807, 2.05) is 0 Å². The van der Waals surface area contributed by atoms with Gasteiger partial charge in [-0.25, -0.2) is 0 Å². The van der Waals surface area contributed by atoms with Crippen molar-refractivity contribution in [3.63, 3.8) is 0 Å². The van der Waals surface area contributed by atoms with E-state index in [4.69, 9.17) is 10.5 Å². The third kappa shape index (κ3) is 7.25. The van der Waals surface area contributed by atoms with Crippen LogP contribution in [0.5, 0.6) is 5.75 Å². The summed E-state index contributed by atoms with van der Waals surface area (Å²) in [5.74, 6) is -0.451. The zero-order chi connectivity index (χ0) is 18.2. The van der Waals surface area contributed by atoms with Gasteiger partial charge in [-0.3, -0.25) is 9.59 Å². The maximum Gasteiger partial charge on any atom is 0.248 e. The minimum absolute atomic E-state index is 0.0784. The van der Waals surface area contributed by atoms with Crippen LogP contribution in [0.15, 0.2) is 24.3 Å². The van der Waals surface area contributed by atoms with Gasteiger partial charge in [0.15, 0.2) is 0 Å². The molecule has 0 bridgehead atoms. The molecule has 0 aliphatic heterocycles. The molecule has 0 fully saturated rings. The van der Waals surface area contributed by atoms with E-state index in [2.05, 4.69) is 0 Å². The number of hydrogen-bond donors (Lipinski definition) is 1. The molecule has 1 rings (SSSR count). The number of hydrogen-bond acceptors (Lipinski definition) is 6. The lowest BCUT2D eigenvalue weighted by atomic mass is 10.1. The number of nitrogens with two attached hydrogens (primary N) is 1. The predicted octanol–water partition coefficient (Wildman–Crippen LogP) is 0.986. The number of ketones is 1. The average molecular weight is 355 g/mol. The van der Waals surface area contributed by atoms with E-state index in [-0.39, 0.29) is 6.42 Å². The van der Waals surface area contributed by atoms with Crippen LogP contribution < -0.4 is 20.3 Å². The molecule has 0 spiro atoms. The van der Waals surface area contributed by atoms with Crippen molar-refractivity contribution in [3.05, 3.63) is 29.8 Å². The van der Waals surface area contributed by atoms with Gasteiger partial charge in [0.25, 0.3) is 0 Å². The fourth-order valence-electron chi connectivity index (χ4n) is 2.28. The van der Waals surface area contributed by atoms with Gasteiger partial charge in [-0.15, -0.1) is 0 Å². The van der Waals surface area contributed by atoms with Gasteiger partial charge >= 0.3 is 0 Å². The van der Waals surface area contributed by atoms with Gasteiger partial charge in [0.1, 0.15) is 11.5 Å². The van der Waals surface area contributed by atoms with Crippen molar-refractivity contribution in [3.8, 4) is 5.75 Å². The zero-order valence-corrected chi connectivity index (χ0v) is 14.5. The van der Waals surface area contributed by atoms with Crippen molar-refractivity contribution in [2.75, 3.05) is 6.61 Å². The molecule has 0 heterocycles. The van der Waals surface area contributed by atoms with Crippen molar-refractivity contribution < 1.29 is 28.7 Å². The number of carbonyl (C=O) groups is 2. The van der Waals surface area contributed by atoms with E-state index in [0.29, 0.717) is 30.8 Å². The smallest absolute Gasteiger partial charge is 0.248 e. The van der Waals surface area contributed by atoms with Crippen LogP contribution in [0.1, 0.15) is 49.4 Å². The molecule has 24 heavy (non-hydrogen) atoms. The van der Waals surface area contributed by atoms with Crippen LogP contribution >= 0.6 is 7.60 Å². The molecule has 1 aromatic rings. The topological polar surface area (TPSA) is 133 Å². The van der Waals surface area contributed by atoms with E-state index < -0.39 is 24.9 Å². The Labute approximate surface area is 141 Å². The molecular formula is C16H22NO6P-2. The molecule has 0 radical (unpaired) electrons. The predicted molar refractivity (Wildman–Crippen MR) is 85.6 cm³/mol. The molecule has 8 heteroatoms. The van der Waals surface area contributed by atoms with Crippen molar-refractivity contribution in [2.24, 2.45) is 5.73 Å². The standard InChI is InChI=1S/C16H24NO6P/c1-12(18)15(24(20,21)22)6-4-2-3-5-11-23-14-9-7-13(8-10-14)16(17)19/h7-10,15H,2-6,11H2,1H3,(H2,17,19)(H2,20,21,22)/p-2. The number of amides is 1. The van der Waals surface area contributed by atoms with Crippen LogP contribution in [0.4, 0.5) is 0 Å². The van der Waals surface area contributed by atoms with Gasteiger partial charge in [0.05, 0.1) is 6.61 Å². The molecular weight excluding hydrogens is 333 g/mol. The highest BCUT2D eigenvalue weighted by atomic mass is 31.2. The molecule has 0 aromatic heterocycles. The normalized spacial score (nSPS) is 12.6. The zero-order valence-electron chi connectivity index (χ0n) is 13.6. The fraction of sp³-hybridized carbons (Fsp3) is 0.500. The Kier molecular flexibility index (Phi) is 8.11. The highest BCUT2D eigenvalue weighted by Gasteiger charge is 2.17. The number of primary amides is 1. The highest BCUT2D eigenvalue weighted by Crippen LogP contribution is 2.35. The van der Waals surface area contributed by atoms with E-state index in [1.54, 1.807) is 24.3 Å². The largest absolute Gasteiger partial charge is 0.810 e. The summed E-state index contributed by atoms with van der Waals surface area (Å²) in [7, 11) is -4.85. The number of carbonyl (C=O) groups excluding carboxylic acids is 2. The van der Waals surface area contributed by atoms with Crippen molar-refractivity contribution in [2.45, 2.75) is 44.7 Å². The molecule has 1 unspecified atom stereocenters. The van der Waals surface area contributed by atoms with Gasteiger partial charge in [-0.2, -0.15) is 0 Å². The molecule has 7 nitrogen and oxygen atoms in total. The molecule has 0 saturated carbocycles. The first-order chi connectivity index (χ1) is 11.2. The highest BCUT2D eigenvalue weighted by molar-refractivity contribution is 7.50. The van der Waals surface area contributed by atoms with Crippen LogP contribution in [-0.2, 0) is 9.36 Å². The second kappa shape index (κ2) is 9.57. The third-order valence-electron chi connectivity index (χ3n) is 3.63. The van der Waals surface area contributed by atoms with Gasteiger partial charge in [-0.1, -0.05) is 26.9 Å². The van der Waals surface area contributed by atoms with E-state index in [0.717, 1.165) is 19.8 Å². The summed E-state index contributed by atoms with van der Waals surface area (Å²) in [6.45, 7) is 1.61. The molecule has 0 saturated heterocycles. The Morgan fingerprint density at radius 2 is 1.71 bits per heavy atom. The lowest BCUT2D eigenvalue weighted by Crippen LogP contribution is -2.31. The summed E-state index contributed by atoms with van der Waals surface area (Å²) in [6, 6.07) is 6.50. The molecule has 0 aliphatic carbocycles. The summed E-state index contributed by atoms with van der Waals surface area (Å²) >= 11 is 0. The number of unbranched alkanes of at least 4 members (excludes halogenated alkanes) is 3. The maximum atomic E-state index is 11.2. The maximum absolute atomic E-state index is 11.2. The first-order valence-corrected chi connectivity index (χ1v) is 9.38. The number of ether oxygens (including phenoxy) is 1. The van der Waals surface area contributed by atoms with E-state index in [9.17, 15) is 23.9 Å². The van der Waals surface area contributed by atoms with Gasteiger partial charge in [0, 0.05) is 11.2 Å². The first-order valence-electron chi connectivity index (χ1n) is 7.76. The Balaban J connectivity index is 2.19. The summed E-state index contributed by atoms with van der Waals surface area (Å²) in [5.41, 5.74) is 4.15. The fourth-order valence-corrected chi connectivity index (χ4v) is 3.23.